The van der Waals surface area contributed by atoms with Gasteiger partial charge in [0.25, 0.3) is 0 Å². The van der Waals surface area contributed by atoms with Gasteiger partial charge in [-0.2, -0.15) is 0 Å². The van der Waals surface area contributed by atoms with E-state index in [4.69, 9.17) is 23.2 Å². The highest BCUT2D eigenvalue weighted by molar-refractivity contribution is 7.92. The van der Waals surface area contributed by atoms with Gasteiger partial charge in [-0.05, 0) is 50.1 Å². The standard InChI is InChI=1S/C23H28Cl2FN3O4S/c1-5-20(23(31)27-15(2)3)28(13-16-10-11-17(24)12-18(16)25)22(30)14-29(34(4,32)33)21-9-7-6-8-19(21)26/h6-12,15,20H,5,13-14H2,1-4H3,(H,27,31)/t20-/m1/s1. The minimum Gasteiger partial charge on any atom is -0.352 e. The van der Waals surface area contributed by atoms with Crippen LogP contribution in [0.4, 0.5) is 10.1 Å². The molecule has 0 radical (unpaired) electrons. The van der Waals surface area contributed by atoms with Gasteiger partial charge < -0.3 is 10.2 Å². The summed E-state index contributed by atoms with van der Waals surface area (Å²) in [6.45, 7) is 4.54. The molecule has 0 aliphatic heterocycles. The lowest BCUT2D eigenvalue weighted by molar-refractivity contribution is -0.140. The lowest BCUT2D eigenvalue weighted by Gasteiger charge is -2.33. The van der Waals surface area contributed by atoms with E-state index in [-0.39, 0.29) is 24.7 Å². The average molecular weight is 532 g/mol. The lowest BCUT2D eigenvalue weighted by atomic mass is 10.1. The molecule has 7 nitrogen and oxygen atoms in total. The molecule has 2 amide bonds. The van der Waals surface area contributed by atoms with Crippen LogP contribution >= 0.6 is 23.2 Å². The van der Waals surface area contributed by atoms with Crippen LogP contribution < -0.4 is 9.62 Å². The van der Waals surface area contributed by atoms with Crippen molar-refractivity contribution in [3.05, 3.63) is 63.9 Å². The van der Waals surface area contributed by atoms with E-state index in [2.05, 4.69) is 5.32 Å². The van der Waals surface area contributed by atoms with Crippen molar-refractivity contribution in [1.82, 2.24) is 10.2 Å². The Balaban J connectivity index is 2.49. The number of carbonyl (C=O) groups is 2. The first-order valence-corrected chi connectivity index (χ1v) is 13.2. The summed E-state index contributed by atoms with van der Waals surface area (Å²) in [6, 6.07) is 8.91. The number of anilines is 1. The molecule has 0 aliphatic carbocycles. The summed E-state index contributed by atoms with van der Waals surface area (Å²) in [5.74, 6) is -1.88. The molecule has 0 aromatic heterocycles. The Bertz CT molecular complexity index is 1140. The molecule has 186 valence electrons. The van der Waals surface area contributed by atoms with Crippen LogP contribution in [-0.2, 0) is 26.2 Å². The number of para-hydroxylation sites is 1. The normalized spacial score (nSPS) is 12.4. The van der Waals surface area contributed by atoms with Crippen LogP contribution in [0.25, 0.3) is 0 Å². The first-order chi connectivity index (χ1) is 15.8. The van der Waals surface area contributed by atoms with Crippen molar-refractivity contribution in [2.75, 3.05) is 17.1 Å². The minimum absolute atomic E-state index is 0.0757. The van der Waals surface area contributed by atoms with Gasteiger partial charge in [-0.1, -0.05) is 48.3 Å². The highest BCUT2D eigenvalue weighted by atomic mass is 35.5. The maximum absolute atomic E-state index is 14.4. The van der Waals surface area contributed by atoms with Gasteiger partial charge in [-0.3, -0.25) is 13.9 Å². The Hall–Kier alpha value is -2.36. The van der Waals surface area contributed by atoms with Crippen molar-refractivity contribution >= 4 is 50.7 Å². The van der Waals surface area contributed by atoms with Gasteiger partial charge in [0.1, 0.15) is 18.4 Å². The number of carbonyl (C=O) groups excluding carboxylic acids is 2. The Morgan fingerprint density at radius 1 is 1.12 bits per heavy atom. The molecular weight excluding hydrogens is 504 g/mol. The van der Waals surface area contributed by atoms with Crippen molar-refractivity contribution in [2.45, 2.75) is 45.8 Å². The number of hydrogen-bond donors (Lipinski definition) is 1. The van der Waals surface area contributed by atoms with E-state index in [0.29, 0.717) is 19.9 Å². The number of nitrogens with one attached hydrogen (secondary N) is 1. The number of hydrogen-bond acceptors (Lipinski definition) is 4. The third kappa shape index (κ3) is 7.32. The Kier molecular flexibility index (Phi) is 9.73. The molecular formula is C23H28Cl2FN3O4S. The molecule has 0 heterocycles. The summed E-state index contributed by atoms with van der Waals surface area (Å²) in [4.78, 5) is 27.7. The van der Waals surface area contributed by atoms with Gasteiger partial charge in [-0.15, -0.1) is 0 Å². The molecule has 0 saturated carbocycles. The van der Waals surface area contributed by atoms with E-state index in [9.17, 15) is 22.4 Å². The highest BCUT2D eigenvalue weighted by Gasteiger charge is 2.33. The summed E-state index contributed by atoms with van der Waals surface area (Å²) >= 11 is 12.3. The van der Waals surface area contributed by atoms with Crippen LogP contribution in [-0.4, -0.2) is 50.0 Å². The van der Waals surface area contributed by atoms with Crippen LogP contribution in [0.2, 0.25) is 10.0 Å². The molecule has 0 aliphatic rings. The number of amides is 2. The molecule has 1 N–H and O–H groups in total. The van der Waals surface area contributed by atoms with Gasteiger partial charge >= 0.3 is 0 Å². The number of benzene rings is 2. The largest absolute Gasteiger partial charge is 0.352 e. The van der Waals surface area contributed by atoms with Gasteiger partial charge in [0.15, 0.2) is 0 Å². The highest BCUT2D eigenvalue weighted by Crippen LogP contribution is 2.25. The topological polar surface area (TPSA) is 86.8 Å². The molecule has 0 fully saturated rings. The van der Waals surface area contributed by atoms with Crippen LogP contribution in [0.1, 0.15) is 32.8 Å². The smallest absolute Gasteiger partial charge is 0.244 e. The van der Waals surface area contributed by atoms with Crippen molar-refractivity contribution in [3.63, 3.8) is 0 Å². The van der Waals surface area contributed by atoms with Crippen molar-refractivity contribution < 1.29 is 22.4 Å². The maximum Gasteiger partial charge on any atom is 0.244 e. The fourth-order valence-electron chi connectivity index (χ4n) is 3.38. The minimum atomic E-state index is -4.03. The predicted octanol–water partition coefficient (Wildman–Crippen LogP) is 4.23. The van der Waals surface area contributed by atoms with E-state index in [0.717, 1.165) is 12.3 Å². The zero-order valence-corrected chi connectivity index (χ0v) is 21.7. The van der Waals surface area contributed by atoms with Gasteiger partial charge in [0, 0.05) is 22.6 Å². The van der Waals surface area contributed by atoms with Gasteiger partial charge in [-0.25, -0.2) is 12.8 Å². The second-order valence-corrected chi connectivity index (χ2v) is 10.8. The SMILES string of the molecule is CC[C@H](C(=O)NC(C)C)N(Cc1ccc(Cl)cc1Cl)C(=O)CN(c1ccccc1F)S(C)(=O)=O. The second kappa shape index (κ2) is 11.9. The van der Waals surface area contributed by atoms with Crippen LogP contribution in [0.15, 0.2) is 42.5 Å². The van der Waals surface area contributed by atoms with Crippen LogP contribution in [0.3, 0.4) is 0 Å². The van der Waals surface area contributed by atoms with Crippen LogP contribution in [0.5, 0.6) is 0 Å². The summed E-state index contributed by atoms with van der Waals surface area (Å²) in [5.41, 5.74) is 0.259. The third-order valence-electron chi connectivity index (χ3n) is 4.97. The van der Waals surface area contributed by atoms with Crippen molar-refractivity contribution in [1.29, 1.82) is 0 Å². The molecule has 0 spiro atoms. The first kappa shape index (κ1) is 27.9. The van der Waals surface area contributed by atoms with E-state index in [1.54, 1.807) is 32.9 Å². The van der Waals surface area contributed by atoms with E-state index in [1.165, 1.54) is 29.2 Å². The maximum atomic E-state index is 14.4. The molecule has 1 atom stereocenters. The van der Waals surface area contributed by atoms with E-state index >= 15 is 0 Å². The Morgan fingerprint density at radius 2 is 1.76 bits per heavy atom. The first-order valence-electron chi connectivity index (χ1n) is 10.6. The molecule has 0 bridgehead atoms. The quantitative estimate of drug-likeness (QED) is 0.496. The van der Waals surface area contributed by atoms with Crippen LogP contribution in [0, 0.1) is 5.82 Å². The molecule has 34 heavy (non-hydrogen) atoms. The number of rotatable bonds is 10. The van der Waals surface area contributed by atoms with Crippen molar-refractivity contribution in [3.8, 4) is 0 Å². The Labute approximate surface area is 209 Å². The summed E-state index contributed by atoms with van der Waals surface area (Å²) in [6.07, 6.45) is 1.14. The number of sulfonamides is 1. The van der Waals surface area contributed by atoms with E-state index in [1.807, 2.05) is 0 Å². The zero-order valence-electron chi connectivity index (χ0n) is 19.4. The fraction of sp³-hybridized carbons (Fsp3) is 0.391. The monoisotopic (exact) mass is 531 g/mol. The summed E-state index contributed by atoms with van der Waals surface area (Å²) in [7, 11) is -4.03. The fourth-order valence-corrected chi connectivity index (χ4v) is 4.70. The molecule has 0 saturated heterocycles. The lowest BCUT2D eigenvalue weighted by Crippen LogP contribution is -2.53. The molecule has 2 rings (SSSR count). The summed E-state index contributed by atoms with van der Waals surface area (Å²) < 4.78 is 40.1. The van der Waals surface area contributed by atoms with Crippen molar-refractivity contribution in [2.24, 2.45) is 0 Å². The van der Waals surface area contributed by atoms with E-state index < -0.39 is 40.2 Å². The molecule has 11 heteroatoms. The molecule has 2 aromatic carbocycles. The average Bonchev–Trinajstić information content (AvgIpc) is 2.72. The van der Waals surface area contributed by atoms with Gasteiger partial charge in [0.05, 0.1) is 11.9 Å². The zero-order chi connectivity index (χ0) is 25.6. The number of halogens is 3. The Morgan fingerprint density at radius 3 is 2.29 bits per heavy atom. The molecule has 0 unspecified atom stereocenters. The summed E-state index contributed by atoms with van der Waals surface area (Å²) in [5, 5.41) is 3.48. The molecule has 2 aromatic rings. The van der Waals surface area contributed by atoms with Gasteiger partial charge in [0.2, 0.25) is 21.8 Å². The third-order valence-corrected chi connectivity index (χ3v) is 6.69. The second-order valence-electron chi connectivity index (χ2n) is 8.07. The predicted molar refractivity (Wildman–Crippen MR) is 133 cm³/mol. The number of nitrogens with zero attached hydrogens (tertiary/aromatic N) is 2.